The van der Waals surface area contributed by atoms with E-state index in [1.54, 1.807) is 11.3 Å². The second-order valence-corrected chi connectivity index (χ2v) is 4.71. The summed E-state index contributed by atoms with van der Waals surface area (Å²) in [6.07, 6.45) is 0.978. The molecule has 2 rings (SSSR count). The third-order valence-corrected chi connectivity index (χ3v) is 3.40. The molecule has 2 aromatic rings. The predicted octanol–water partition coefficient (Wildman–Crippen LogP) is 3.94. The Hall–Kier alpha value is -1.06. The van der Waals surface area contributed by atoms with E-state index in [0.29, 0.717) is 11.6 Å². The number of ether oxygens (including phenoxy) is 1. The highest BCUT2D eigenvalue weighted by atomic mass is 35.5. The van der Waals surface area contributed by atoms with E-state index in [1.807, 2.05) is 29.6 Å². The van der Waals surface area contributed by atoms with Crippen LogP contribution in [0.25, 0.3) is 0 Å². The zero-order valence-electron chi connectivity index (χ0n) is 8.94. The van der Waals surface area contributed by atoms with Crippen molar-refractivity contribution >= 4 is 22.9 Å². The smallest absolute Gasteiger partial charge is 0.131 e. The van der Waals surface area contributed by atoms with Gasteiger partial charge in [-0.1, -0.05) is 18.5 Å². The van der Waals surface area contributed by atoms with E-state index in [0.717, 1.165) is 22.9 Å². The molecule has 0 saturated heterocycles. The number of aromatic nitrogens is 1. The lowest BCUT2D eigenvalue weighted by molar-refractivity contribution is 0.302. The summed E-state index contributed by atoms with van der Waals surface area (Å²) in [6.45, 7) is 2.61. The van der Waals surface area contributed by atoms with E-state index >= 15 is 0 Å². The van der Waals surface area contributed by atoms with Crippen LogP contribution >= 0.6 is 22.9 Å². The molecule has 1 aromatic heterocycles. The summed E-state index contributed by atoms with van der Waals surface area (Å²) in [5, 5.41) is 3.90. The standard InChI is InChI=1S/C12H12ClNOS/c1-2-12-14-10(8-16-12)7-15-11-5-3-9(13)4-6-11/h3-6,8H,2,7H2,1H3. The molecular weight excluding hydrogens is 242 g/mol. The first-order valence-corrected chi connectivity index (χ1v) is 6.35. The molecule has 0 fully saturated rings. The Morgan fingerprint density at radius 2 is 2.06 bits per heavy atom. The lowest BCUT2D eigenvalue weighted by atomic mass is 10.3. The third kappa shape index (κ3) is 2.97. The molecule has 0 radical (unpaired) electrons. The van der Waals surface area contributed by atoms with Crippen LogP contribution in [-0.4, -0.2) is 4.98 Å². The van der Waals surface area contributed by atoms with Gasteiger partial charge in [-0.2, -0.15) is 0 Å². The van der Waals surface area contributed by atoms with Gasteiger partial charge in [0, 0.05) is 10.4 Å². The predicted molar refractivity (Wildman–Crippen MR) is 67.3 cm³/mol. The summed E-state index contributed by atoms with van der Waals surface area (Å²) in [6, 6.07) is 7.34. The van der Waals surface area contributed by atoms with Gasteiger partial charge in [-0.25, -0.2) is 4.98 Å². The van der Waals surface area contributed by atoms with E-state index < -0.39 is 0 Å². The minimum Gasteiger partial charge on any atom is -0.487 e. The van der Waals surface area contributed by atoms with Gasteiger partial charge in [-0.05, 0) is 30.7 Å². The Bertz CT molecular complexity index is 452. The van der Waals surface area contributed by atoms with Crippen LogP contribution in [0.3, 0.4) is 0 Å². The molecule has 0 N–H and O–H groups in total. The Balaban J connectivity index is 1.94. The largest absolute Gasteiger partial charge is 0.487 e. The number of aryl methyl sites for hydroxylation is 1. The molecule has 0 aliphatic heterocycles. The summed E-state index contributed by atoms with van der Waals surface area (Å²) in [7, 11) is 0. The zero-order valence-corrected chi connectivity index (χ0v) is 10.5. The van der Waals surface area contributed by atoms with Crippen LogP contribution in [0.2, 0.25) is 5.02 Å². The van der Waals surface area contributed by atoms with Gasteiger partial charge < -0.3 is 4.74 Å². The van der Waals surface area contributed by atoms with Crippen LogP contribution in [0.4, 0.5) is 0 Å². The first kappa shape index (κ1) is 11.4. The van der Waals surface area contributed by atoms with Gasteiger partial charge in [0.15, 0.2) is 0 Å². The summed E-state index contributed by atoms with van der Waals surface area (Å²) >= 11 is 7.46. The maximum absolute atomic E-state index is 5.78. The molecule has 84 valence electrons. The normalized spacial score (nSPS) is 10.4. The Labute approximate surface area is 104 Å². The van der Waals surface area contributed by atoms with Gasteiger partial charge in [0.25, 0.3) is 0 Å². The van der Waals surface area contributed by atoms with Crippen LogP contribution < -0.4 is 4.74 Å². The Morgan fingerprint density at radius 1 is 1.31 bits per heavy atom. The fourth-order valence-electron chi connectivity index (χ4n) is 1.27. The monoisotopic (exact) mass is 253 g/mol. The highest BCUT2D eigenvalue weighted by Gasteiger charge is 2.01. The van der Waals surface area contributed by atoms with Gasteiger partial charge in [-0.3, -0.25) is 0 Å². The number of thiazole rings is 1. The summed E-state index contributed by atoms with van der Waals surface area (Å²) < 4.78 is 5.59. The van der Waals surface area contributed by atoms with Crippen molar-refractivity contribution in [3.63, 3.8) is 0 Å². The van der Waals surface area contributed by atoms with Crippen molar-refractivity contribution in [2.75, 3.05) is 0 Å². The molecule has 16 heavy (non-hydrogen) atoms. The van der Waals surface area contributed by atoms with E-state index in [1.165, 1.54) is 0 Å². The first-order chi connectivity index (χ1) is 7.78. The highest BCUT2D eigenvalue weighted by molar-refractivity contribution is 7.09. The van der Waals surface area contributed by atoms with Crippen LogP contribution in [-0.2, 0) is 13.0 Å². The number of hydrogen-bond donors (Lipinski definition) is 0. The number of rotatable bonds is 4. The van der Waals surface area contributed by atoms with Crippen molar-refractivity contribution in [1.29, 1.82) is 0 Å². The molecule has 0 unspecified atom stereocenters. The van der Waals surface area contributed by atoms with Crippen molar-refractivity contribution in [1.82, 2.24) is 4.98 Å². The minimum atomic E-state index is 0.512. The van der Waals surface area contributed by atoms with E-state index in [4.69, 9.17) is 16.3 Å². The fraction of sp³-hybridized carbons (Fsp3) is 0.250. The topological polar surface area (TPSA) is 22.1 Å². The van der Waals surface area contributed by atoms with E-state index in [-0.39, 0.29) is 0 Å². The fourth-order valence-corrected chi connectivity index (χ4v) is 2.12. The minimum absolute atomic E-state index is 0.512. The molecule has 0 aliphatic rings. The number of benzene rings is 1. The van der Waals surface area contributed by atoms with E-state index in [9.17, 15) is 0 Å². The molecule has 1 heterocycles. The van der Waals surface area contributed by atoms with Crippen LogP contribution in [0.5, 0.6) is 5.75 Å². The molecule has 1 aromatic carbocycles. The highest BCUT2D eigenvalue weighted by Crippen LogP contribution is 2.17. The quantitative estimate of drug-likeness (QED) is 0.824. The maximum Gasteiger partial charge on any atom is 0.131 e. The number of nitrogens with zero attached hydrogens (tertiary/aromatic N) is 1. The van der Waals surface area contributed by atoms with Gasteiger partial charge in [-0.15, -0.1) is 11.3 Å². The third-order valence-electron chi connectivity index (χ3n) is 2.10. The zero-order chi connectivity index (χ0) is 11.4. The molecule has 0 atom stereocenters. The van der Waals surface area contributed by atoms with Gasteiger partial charge in [0.2, 0.25) is 0 Å². The number of hydrogen-bond acceptors (Lipinski definition) is 3. The van der Waals surface area contributed by atoms with Crippen molar-refractivity contribution in [2.45, 2.75) is 20.0 Å². The second kappa shape index (κ2) is 5.32. The molecule has 4 heteroatoms. The lowest BCUT2D eigenvalue weighted by Gasteiger charge is -2.03. The Kier molecular flexibility index (Phi) is 3.80. The first-order valence-electron chi connectivity index (χ1n) is 5.09. The van der Waals surface area contributed by atoms with Gasteiger partial charge in [0.1, 0.15) is 12.4 Å². The average Bonchev–Trinajstić information content (AvgIpc) is 2.76. The van der Waals surface area contributed by atoms with Crippen LogP contribution in [0.15, 0.2) is 29.6 Å². The van der Waals surface area contributed by atoms with Crippen molar-refractivity contribution in [3.8, 4) is 5.75 Å². The van der Waals surface area contributed by atoms with Gasteiger partial charge >= 0.3 is 0 Å². The van der Waals surface area contributed by atoms with Gasteiger partial charge in [0.05, 0.1) is 10.7 Å². The van der Waals surface area contributed by atoms with E-state index in [2.05, 4.69) is 11.9 Å². The van der Waals surface area contributed by atoms with Crippen molar-refractivity contribution < 1.29 is 4.74 Å². The molecule has 0 saturated carbocycles. The SMILES string of the molecule is CCc1nc(COc2ccc(Cl)cc2)cs1. The molecule has 0 aliphatic carbocycles. The Morgan fingerprint density at radius 3 is 2.69 bits per heavy atom. The molecule has 2 nitrogen and oxygen atoms in total. The molecule has 0 amide bonds. The molecule has 0 bridgehead atoms. The summed E-state index contributed by atoms with van der Waals surface area (Å²) in [5.41, 5.74) is 0.983. The molecular formula is C12H12ClNOS. The lowest BCUT2D eigenvalue weighted by Crippen LogP contribution is -1.95. The summed E-state index contributed by atoms with van der Waals surface area (Å²) in [5.74, 6) is 0.815. The van der Waals surface area contributed by atoms with Crippen molar-refractivity contribution in [3.05, 3.63) is 45.4 Å². The maximum atomic E-state index is 5.78. The summed E-state index contributed by atoms with van der Waals surface area (Å²) in [4.78, 5) is 4.43. The van der Waals surface area contributed by atoms with Crippen LogP contribution in [0.1, 0.15) is 17.6 Å². The van der Waals surface area contributed by atoms with Crippen molar-refractivity contribution in [2.24, 2.45) is 0 Å². The number of halogens is 1. The van der Waals surface area contributed by atoms with Crippen LogP contribution in [0, 0.1) is 0 Å². The average molecular weight is 254 g/mol. The second-order valence-electron chi connectivity index (χ2n) is 3.33. The molecule has 0 spiro atoms.